The number of amidine groups is 1. The van der Waals surface area contributed by atoms with E-state index in [0.29, 0.717) is 12.3 Å². The summed E-state index contributed by atoms with van der Waals surface area (Å²) in [6, 6.07) is 0. The maximum absolute atomic E-state index is 9.41. The molecule has 4 nitrogen and oxygen atoms in total. The molecule has 1 unspecified atom stereocenters. The van der Waals surface area contributed by atoms with Gasteiger partial charge < -0.3 is 15.7 Å². The van der Waals surface area contributed by atoms with Gasteiger partial charge in [-0.05, 0) is 38.8 Å². The van der Waals surface area contributed by atoms with E-state index in [9.17, 15) is 5.11 Å². The van der Waals surface area contributed by atoms with Crippen molar-refractivity contribution < 1.29 is 5.11 Å². The highest BCUT2D eigenvalue weighted by Crippen LogP contribution is 2.20. The number of nitrogens with two attached hydrogens (primary N) is 1. The first-order valence-electron chi connectivity index (χ1n) is 5.33. The molecule has 1 aliphatic rings. The number of piperidine rings is 1. The molecule has 0 aromatic carbocycles. The third-order valence-corrected chi connectivity index (χ3v) is 3.01. The first kappa shape index (κ1) is 11.5. The van der Waals surface area contributed by atoms with Crippen molar-refractivity contribution >= 4 is 5.84 Å². The van der Waals surface area contributed by atoms with Crippen molar-refractivity contribution in [1.82, 2.24) is 4.90 Å². The van der Waals surface area contributed by atoms with Gasteiger partial charge in [0.25, 0.3) is 0 Å². The molecule has 1 aliphatic heterocycles. The Labute approximate surface area is 85.6 Å². The second-order valence-corrected chi connectivity index (χ2v) is 4.19. The number of nitrogens with one attached hydrogen (secondary N) is 1. The van der Waals surface area contributed by atoms with Crippen molar-refractivity contribution in [1.29, 1.82) is 5.41 Å². The van der Waals surface area contributed by atoms with Crippen molar-refractivity contribution in [3.05, 3.63) is 0 Å². The summed E-state index contributed by atoms with van der Waals surface area (Å²) in [4.78, 5) is 2.32. The van der Waals surface area contributed by atoms with Crippen LogP contribution in [0, 0.1) is 11.3 Å². The van der Waals surface area contributed by atoms with Gasteiger partial charge in [0, 0.05) is 13.0 Å². The number of aliphatic hydroxyl groups is 1. The molecule has 0 aliphatic carbocycles. The van der Waals surface area contributed by atoms with Crippen LogP contribution in [0.5, 0.6) is 0 Å². The smallest absolute Gasteiger partial charge is 0.0918 e. The lowest BCUT2D eigenvalue weighted by Gasteiger charge is -2.33. The quantitative estimate of drug-likeness (QED) is 0.453. The fourth-order valence-corrected chi connectivity index (χ4v) is 1.94. The summed E-state index contributed by atoms with van der Waals surface area (Å²) in [5.74, 6) is 0.728. The Morgan fingerprint density at radius 3 is 2.57 bits per heavy atom. The lowest BCUT2D eigenvalue weighted by atomic mass is 9.92. The van der Waals surface area contributed by atoms with Gasteiger partial charge in [0.05, 0.1) is 11.9 Å². The Hall–Kier alpha value is -0.610. The highest BCUT2D eigenvalue weighted by Gasteiger charge is 2.22. The van der Waals surface area contributed by atoms with E-state index in [2.05, 4.69) is 4.90 Å². The number of hydrogen-bond donors (Lipinski definition) is 3. The van der Waals surface area contributed by atoms with E-state index in [-0.39, 0.29) is 11.9 Å². The maximum atomic E-state index is 9.41. The van der Waals surface area contributed by atoms with Crippen molar-refractivity contribution in [2.75, 3.05) is 19.6 Å². The van der Waals surface area contributed by atoms with Crippen LogP contribution >= 0.6 is 0 Å². The minimum absolute atomic E-state index is 0.176. The molecule has 0 spiro atoms. The van der Waals surface area contributed by atoms with Crippen molar-refractivity contribution in [3.8, 4) is 0 Å². The number of hydrogen-bond acceptors (Lipinski definition) is 3. The summed E-state index contributed by atoms with van der Waals surface area (Å²) in [6.45, 7) is 4.82. The minimum atomic E-state index is -0.176. The zero-order valence-electron chi connectivity index (χ0n) is 8.87. The first-order valence-corrected chi connectivity index (χ1v) is 5.33. The van der Waals surface area contributed by atoms with Gasteiger partial charge in [-0.1, -0.05) is 0 Å². The van der Waals surface area contributed by atoms with Crippen LogP contribution in [0.4, 0.5) is 0 Å². The van der Waals surface area contributed by atoms with Crippen LogP contribution in [0.3, 0.4) is 0 Å². The van der Waals surface area contributed by atoms with Gasteiger partial charge in [-0.25, -0.2) is 0 Å². The normalized spacial score (nSPS) is 22.1. The molecule has 4 heteroatoms. The average Bonchev–Trinajstić information content (AvgIpc) is 2.15. The molecule has 1 saturated heterocycles. The molecule has 1 heterocycles. The van der Waals surface area contributed by atoms with E-state index >= 15 is 0 Å². The van der Waals surface area contributed by atoms with Crippen LogP contribution < -0.4 is 5.73 Å². The summed E-state index contributed by atoms with van der Waals surface area (Å²) < 4.78 is 0. The van der Waals surface area contributed by atoms with Crippen molar-refractivity contribution in [3.63, 3.8) is 0 Å². The summed E-state index contributed by atoms with van der Waals surface area (Å²) in [6.07, 6.45) is 2.62. The highest BCUT2D eigenvalue weighted by molar-refractivity contribution is 5.76. The largest absolute Gasteiger partial charge is 0.393 e. The number of nitrogens with zero attached hydrogens (tertiary/aromatic N) is 1. The third kappa shape index (κ3) is 3.64. The zero-order chi connectivity index (χ0) is 10.6. The van der Waals surface area contributed by atoms with Crippen LogP contribution in [0.1, 0.15) is 26.2 Å². The standard InChI is InChI=1S/C10H21N3O/c1-8(14)9-2-5-13(6-3-9)7-4-10(11)12/h8-9,14H,2-7H2,1H3,(H3,11,12). The molecule has 0 radical (unpaired) electrons. The SMILES string of the molecule is CC(O)C1CCN(CCC(=N)N)CC1. The van der Waals surface area contributed by atoms with Crippen molar-refractivity contribution in [2.45, 2.75) is 32.3 Å². The molecule has 1 atom stereocenters. The van der Waals surface area contributed by atoms with E-state index in [0.717, 1.165) is 32.5 Å². The number of likely N-dealkylation sites (tertiary alicyclic amines) is 1. The minimum Gasteiger partial charge on any atom is -0.393 e. The van der Waals surface area contributed by atoms with E-state index in [1.807, 2.05) is 6.92 Å². The molecule has 82 valence electrons. The monoisotopic (exact) mass is 199 g/mol. The first-order chi connectivity index (χ1) is 6.59. The molecule has 14 heavy (non-hydrogen) atoms. The lowest BCUT2D eigenvalue weighted by Crippen LogP contribution is -2.38. The zero-order valence-corrected chi connectivity index (χ0v) is 8.87. The fraction of sp³-hybridized carbons (Fsp3) is 0.900. The van der Waals surface area contributed by atoms with Gasteiger partial charge in [0.2, 0.25) is 0 Å². The molecule has 0 aromatic rings. The van der Waals surface area contributed by atoms with Gasteiger partial charge in [-0.2, -0.15) is 0 Å². The van der Waals surface area contributed by atoms with Gasteiger partial charge in [-0.3, -0.25) is 5.41 Å². The van der Waals surface area contributed by atoms with Crippen LogP contribution in [-0.4, -0.2) is 41.6 Å². The Morgan fingerprint density at radius 2 is 2.14 bits per heavy atom. The summed E-state index contributed by atoms with van der Waals surface area (Å²) in [7, 11) is 0. The third-order valence-electron chi connectivity index (χ3n) is 3.01. The van der Waals surface area contributed by atoms with E-state index in [1.54, 1.807) is 0 Å². The maximum Gasteiger partial charge on any atom is 0.0918 e. The van der Waals surface area contributed by atoms with Gasteiger partial charge in [-0.15, -0.1) is 0 Å². The molecule has 4 N–H and O–H groups in total. The Kier molecular flexibility index (Phi) is 4.35. The number of aliphatic hydroxyl groups excluding tert-OH is 1. The summed E-state index contributed by atoms with van der Waals surface area (Å²) >= 11 is 0. The topological polar surface area (TPSA) is 73.3 Å². The van der Waals surface area contributed by atoms with E-state index in [1.165, 1.54) is 0 Å². The molecular formula is C10H21N3O. The van der Waals surface area contributed by atoms with E-state index in [4.69, 9.17) is 11.1 Å². The van der Waals surface area contributed by atoms with Gasteiger partial charge >= 0.3 is 0 Å². The fourth-order valence-electron chi connectivity index (χ4n) is 1.94. The molecular weight excluding hydrogens is 178 g/mol. The van der Waals surface area contributed by atoms with E-state index < -0.39 is 0 Å². The van der Waals surface area contributed by atoms with Crippen molar-refractivity contribution in [2.24, 2.45) is 11.7 Å². The predicted molar refractivity (Wildman–Crippen MR) is 57.4 cm³/mol. The highest BCUT2D eigenvalue weighted by atomic mass is 16.3. The molecule has 1 rings (SSSR count). The average molecular weight is 199 g/mol. The second kappa shape index (κ2) is 5.32. The Balaban J connectivity index is 2.19. The molecule has 1 fully saturated rings. The summed E-state index contributed by atoms with van der Waals surface area (Å²) in [5.41, 5.74) is 5.30. The Morgan fingerprint density at radius 1 is 1.57 bits per heavy atom. The Bertz CT molecular complexity index is 186. The van der Waals surface area contributed by atoms with Gasteiger partial charge in [0.15, 0.2) is 0 Å². The molecule has 0 aromatic heterocycles. The second-order valence-electron chi connectivity index (χ2n) is 4.19. The van der Waals surface area contributed by atoms with Crippen LogP contribution in [-0.2, 0) is 0 Å². The van der Waals surface area contributed by atoms with Gasteiger partial charge in [0.1, 0.15) is 0 Å². The summed E-state index contributed by atoms with van der Waals surface area (Å²) in [5, 5.41) is 16.5. The molecule has 0 saturated carbocycles. The van der Waals surface area contributed by atoms with Crippen LogP contribution in [0.2, 0.25) is 0 Å². The number of rotatable bonds is 4. The van der Waals surface area contributed by atoms with Crippen LogP contribution in [0.15, 0.2) is 0 Å². The molecule has 0 amide bonds. The predicted octanol–water partition coefficient (Wildman–Crippen LogP) is 0.405. The lowest BCUT2D eigenvalue weighted by molar-refractivity contribution is 0.0728. The van der Waals surface area contributed by atoms with Crippen LogP contribution in [0.25, 0.3) is 0 Å². The molecule has 0 bridgehead atoms.